The summed E-state index contributed by atoms with van der Waals surface area (Å²) < 4.78 is 9.85. The van der Waals surface area contributed by atoms with Crippen molar-refractivity contribution in [2.24, 2.45) is 0 Å². The number of rotatable bonds is 23. The van der Waals surface area contributed by atoms with Gasteiger partial charge in [-0.2, -0.15) is 0 Å². The van der Waals surface area contributed by atoms with Crippen LogP contribution in [0.1, 0.15) is 128 Å². The van der Waals surface area contributed by atoms with Crippen LogP contribution in [0.5, 0.6) is 17.2 Å². The van der Waals surface area contributed by atoms with Gasteiger partial charge in [-0.3, -0.25) is 4.79 Å². The molecule has 0 aliphatic carbocycles. The summed E-state index contributed by atoms with van der Waals surface area (Å²) in [6, 6.07) is 3.02. The number of carboxylic acid groups (broad SMARTS) is 2. The minimum Gasteiger partial charge on any atom is -0.502 e. The molecule has 1 aromatic rings. The molecular formula is C33H54O7. The number of phenols is 1. The molecule has 40 heavy (non-hydrogen) atoms. The maximum absolute atomic E-state index is 10.4. The third-order valence-electron chi connectivity index (χ3n) is 6.57. The summed E-state index contributed by atoms with van der Waals surface area (Å²) in [5, 5.41) is 26.6. The van der Waals surface area contributed by atoms with Gasteiger partial charge >= 0.3 is 11.9 Å². The predicted molar refractivity (Wildman–Crippen MR) is 163 cm³/mol. The molecule has 0 bridgehead atoms. The van der Waals surface area contributed by atoms with Gasteiger partial charge in [-0.25, -0.2) is 4.79 Å². The van der Waals surface area contributed by atoms with E-state index >= 15 is 0 Å². The van der Waals surface area contributed by atoms with Crippen molar-refractivity contribution in [3.8, 4) is 17.2 Å². The van der Waals surface area contributed by atoms with Gasteiger partial charge in [0, 0.05) is 12.5 Å². The van der Waals surface area contributed by atoms with Crippen LogP contribution in [0.4, 0.5) is 0 Å². The molecule has 0 saturated carbocycles. The summed E-state index contributed by atoms with van der Waals surface area (Å²) >= 11 is 0. The third kappa shape index (κ3) is 21.9. The Bertz CT molecular complexity index is 820. The highest BCUT2D eigenvalue weighted by atomic mass is 16.5. The summed E-state index contributed by atoms with van der Waals surface area (Å²) in [7, 11) is 2.80. The maximum Gasteiger partial charge on any atom is 0.328 e. The lowest BCUT2D eigenvalue weighted by molar-refractivity contribution is -0.137. The molecule has 0 amide bonds. The van der Waals surface area contributed by atoms with Crippen LogP contribution in [0.25, 0.3) is 6.08 Å². The van der Waals surface area contributed by atoms with Crippen molar-refractivity contribution in [3.63, 3.8) is 0 Å². The molecule has 1 aromatic carbocycles. The Morgan fingerprint density at radius 1 is 0.700 bits per heavy atom. The lowest BCUT2D eigenvalue weighted by atomic mass is 10.1. The van der Waals surface area contributed by atoms with Crippen molar-refractivity contribution in [2.75, 3.05) is 14.2 Å². The predicted octanol–water partition coefficient (Wildman–Crippen LogP) is 9.18. The highest BCUT2D eigenvalue weighted by Crippen LogP contribution is 2.37. The van der Waals surface area contributed by atoms with Crippen molar-refractivity contribution in [1.82, 2.24) is 0 Å². The average Bonchev–Trinajstić information content (AvgIpc) is 2.93. The minimum atomic E-state index is -1.05. The minimum absolute atomic E-state index is 0.113. The first-order valence-electron chi connectivity index (χ1n) is 15.1. The summed E-state index contributed by atoms with van der Waals surface area (Å²) in [4.78, 5) is 20.7. The fraction of sp³-hybridized carbons (Fsp3) is 0.636. The average molecular weight is 563 g/mol. The first-order valence-corrected chi connectivity index (χ1v) is 15.1. The molecule has 0 fully saturated rings. The van der Waals surface area contributed by atoms with E-state index in [1.54, 1.807) is 0 Å². The summed E-state index contributed by atoms with van der Waals surface area (Å²) in [6.45, 7) is 2.27. The topological polar surface area (TPSA) is 113 Å². The number of ether oxygens (including phenoxy) is 2. The first kappa shape index (κ1) is 37.0. The van der Waals surface area contributed by atoms with E-state index in [1.807, 2.05) is 0 Å². The zero-order valence-corrected chi connectivity index (χ0v) is 25.2. The van der Waals surface area contributed by atoms with E-state index in [1.165, 1.54) is 129 Å². The van der Waals surface area contributed by atoms with E-state index < -0.39 is 11.9 Å². The number of hydrogen-bond donors (Lipinski definition) is 3. The van der Waals surface area contributed by atoms with Crippen molar-refractivity contribution < 1.29 is 34.4 Å². The SMILES string of the molecule is CCCCCCCC/C=C\CCCCCCCCCCCC(=O)O.COc1cc(C=CC(=O)O)cc(OC)c1O. The number of benzene rings is 1. The number of carbonyl (C=O) groups is 2. The van der Waals surface area contributed by atoms with Gasteiger partial charge in [0.25, 0.3) is 0 Å². The van der Waals surface area contributed by atoms with E-state index in [-0.39, 0.29) is 17.2 Å². The van der Waals surface area contributed by atoms with Crippen molar-refractivity contribution in [2.45, 2.75) is 122 Å². The molecule has 0 aliphatic rings. The lowest BCUT2D eigenvalue weighted by Gasteiger charge is -2.09. The number of hydrogen-bond acceptors (Lipinski definition) is 5. The number of aliphatic carboxylic acids is 2. The van der Waals surface area contributed by atoms with Gasteiger partial charge in [0.05, 0.1) is 14.2 Å². The number of unbranched alkanes of at least 4 members (excludes halogenated alkanes) is 15. The number of phenolic OH excluding ortho intramolecular Hbond substituents is 1. The van der Waals surface area contributed by atoms with Crippen LogP contribution in [0.2, 0.25) is 0 Å². The molecule has 0 aliphatic heterocycles. The van der Waals surface area contributed by atoms with Crippen LogP contribution in [0.15, 0.2) is 30.4 Å². The van der Waals surface area contributed by atoms with E-state index in [0.29, 0.717) is 12.0 Å². The largest absolute Gasteiger partial charge is 0.502 e. The molecule has 1 rings (SSSR count). The Morgan fingerprint density at radius 3 is 1.52 bits per heavy atom. The second-order valence-electron chi connectivity index (χ2n) is 10.1. The Labute approximate surface area is 242 Å². The van der Waals surface area contributed by atoms with Crippen LogP contribution in [-0.4, -0.2) is 41.5 Å². The molecule has 7 nitrogen and oxygen atoms in total. The van der Waals surface area contributed by atoms with Gasteiger partial charge in [-0.15, -0.1) is 0 Å². The summed E-state index contributed by atoms with van der Waals surface area (Å²) in [5.74, 6) is -1.37. The van der Waals surface area contributed by atoms with Gasteiger partial charge < -0.3 is 24.8 Å². The second-order valence-corrected chi connectivity index (χ2v) is 10.1. The zero-order valence-electron chi connectivity index (χ0n) is 25.2. The highest BCUT2D eigenvalue weighted by Gasteiger charge is 2.09. The van der Waals surface area contributed by atoms with Crippen LogP contribution < -0.4 is 9.47 Å². The molecule has 0 radical (unpaired) electrons. The van der Waals surface area contributed by atoms with E-state index in [2.05, 4.69) is 19.1 Å². The maximum atomic E-state index is 10.4. The van der Waals surface area contributed by atoms with Crippen LogP contribution in [0, 0.1) is 0 Å². The molecule has 0 atom stereocenters. The quantitative estimate of drug-likeness (QED) is 0.0692. The third-order valence-corrected chi connectivity index (χ3v) is 6.57. The van der Waals surface area contributed by atoms with E-state index in [0.717, 1.165) is 18.9 Å². The van der Waals surface area contributed by atoms with Gasteiger partial charge in [0.2, 0.25) is 5.75 Å². The van der Waals surface area contributed by atoms with Gasteiger partial charge in [0.1, 0.15) is 0 Å². The first-order chi connectivity index (χ1) is 19.3. The number of allylic oxidation sites excluding steroid dienone is 2. The van der Waals surface area contributed by atoms with Gasteiger partial charge in [-0.1, -0.05) is 96.1 Å². The smallest absolute Gasteiger partial charge is 0.328 e. The molecule has 0 unspecified atom stereocenters. The van der Waals surface area contributed by atoms with E-state index in [9.17, 15) is 14.7 Å². The molecule has 0 spiro atoms. The van der Waals surface area contributed by atoms with Gasteiger partial charge in [-0.05, 0) is 55.9 Å². The fourth-order valence-corrected chi connectivity index (χ4v) is 4.23. The Kier molecular flexibility index (Phi) is 24.3. The van der Waals surface area contributed by atoms with Crippen LogP contribution >= 0.6 is 0 Å². The second kappa shape index (κ2) is 26.3. The normalized spacial score (nSPS) is 11.0. The molecule has 228 valence electrons. The Hall–Kier alpha value is -2.96. The molecular weight excluding hydrogens is 508 g/mol. The highest BCUT2D eigenvalue weighted by molar-refractivity contribution is 5.85. The number of methoxy groups -OCH3 is 2. The van der Waals surface area contributed by atoms with Crippen molar-refractivity contribution in [1.29, 1.82) is 0 Å². The summed E-state index contributed by atoms with van der Waals surface area (Å²) in [6.07, 6.45) is 29.5. The fourth-order valence-electron chi connectivity index (χ4n) is 4.23. The zero-order chi connectivity index (χ0) is 29.8. The van der Waals surface area contributed by atoms with Crippen molar-refractivity contribution >= 4 is 18.0 Å². The van der Waals surface area contributed by atoms with Crippen LogP contribution in [0.3, 0.4) is 0 Å². The Morgan fingerprint density at radius 2 is 1.12 bits per heavy atom. The molecule has 7 heteroatoms. The molecule has 0 saturated heterocycles. The molecule has 3 N–H and O–H groups in total. The number of carboxylic acids is 2. The van der Waals surface area contributed by atoms with Crippen molar-refractivity contribution in [3.05, 3.63) is 35.9 Å². The summed E-state index contributed by atoms with van der Waals surface area (Å²) in [5.41, 5.74) is 0.564. The Balaban J connectivity index is 0.000000821. The lowest BCUT2D eigenvalue weighted by Crippen LogP contribution is -1.93. The van der Waals surface area contributed by atoms with Crippen LogP contribution in [-0.2, 0) is 9.59 Å². The standard InChI is InChI=1S/C22H42O2.C11H12O5/c1-2-3-4-5-6-7-8-9-10-11-12-13-14-15-16-17-18-19-20-21-22(23)24;1-15-8-5-7(3-4-10(12)13)6-9(16-2)11(8)14/h9-10H,2-8,11-21H2,1H3,(H,23,24);3-6,14H,1-2H3,(H,12,13)/b10-9-;. The molecule has 0 heterocycles. The number of aromatic hydroxyl groups is 1. The monoisotopic (exact) mass is 562 g/mol. The van der Waals surface area contributed by atoms with E-state index in [4.69, 9.17) is 19.7 Å². The van der Waals surface area contributed by atoms with Gasteiger partial charge in [0.15, 0.2) is 11.5 Å². The molecule has 0 aromatic heterocycles.